The van der Waals surface area contributed by atoms with Gasteiger partial charge in [-0.15, -0.1) is 0 Å². The summed E-state index contributed by atoms with van der Waals surface area (Å²) < 4.78 is 0. The first-order valence-electron chi connectivity index (χ1n) is 17.3. The smallest absolute Gasteiger partial charge is 0.164 e. The molecule has 10 aromatic rings. The van der Waals surface area contributed by atoms with Crippen LogP contribution in [0.25, 0.3) is 99.9 Å². The topological polar surface area (TPSA) is 64.5 Å². The van der Waals surface area contributed by atoms with Crippen LogP contribution in [0.2, 0.25) is 0 Å². The van der Waals surface area contributed by atoms with E-state index >= 15 is 0 Å². The first-order chi connectivity index (χ1) is 25.8. The zero-order valence-corrected chi connectivity index (χ0v) is 28.0. The van der Waals surface area contributed by atoms with Crippen molar-refractivity contribution in [2.45, 2.75) is 0 Å². The largest absolute Gasteiger partial charge is 0.256 e. The van der Waals surface area contributed by atoms with Gasteiger partial charge < -0.3 is 0 Å². The normalized spacial score (nSPS) is 11.5. The Morgan fingerprint density at radius 1 is 0.346 bits per heavy atom. The van der Waals surface area contributed by atoms with E-state index in [0.29, 0.717) is 17.5 Å². The molecule has 0 amide bonds. The highest BCUT2D eigenvalue weighted by molar-refractivity contribution is 6.26. The molecule has 10 rings (SSSR count). The third-order valence-corrected chi connectivity index (χ3v) is 9.74. The highest BCUT2D eigenvalue weighted by Gasteiger charge is 2.19. The van der Waals surface area contributed by atoms with Crippen molar-refractivity contribution in [2.24, 2.45) is 0 Å². The quantitative estimate of drug-likeness (QED) is 0.171. The van der Waals surface area contributed by atoms with Crippen LogP contribution in [0.3, 0.4) is 0 Å². The van der Waals surface area contributed by atoms with Crippen molar-refractivity contribution in [3.8, 4) is 56.5 Å². The fraction of sp³-hybridized carbons (Fsp3) is 0. The Labute approximate surface area is 300 Å². The van der Waals surface area contributed by atoms with E-state index in [1.165, 1.54) is 16.2 Å². The molecule has 0 saturated carbocycles. The maximum atomic E-state index is 5.33. The van der Waals surface area contributed by atoms with Gasteiger partial charge in [-0.25, -0.2) is 19.9 Å². The number of fused-ring (bicyclic) bond motifs is 6. The predicted octanol–water partition coefficient (Wildman–Crippen LogP) is 11.6. The van der Waals surface area contributed by atoms with Gasteiger partial charge in [-0.3, -0.25) is 4.98 Å². The van der Waals surface area contributed by atoms with E-state index < -0.39 is 0 Å². The van der Waals surface area contributed by atoms with E-state index in [1.54, 1.807) is 0 Å². The molecule has 0 N–H and O–H groups in total. The molecule has 5 nitrogen and oxygen atoms in total. The second-order valence-corrected chi connectivity index (χ2v) is 12.9. The van der Waals surface area contributed by atoms with Gasteiger partial charge in [-0.2, -0.15) is 0 Å². The van der Waals surface area contributed by atoms with Crippen molar-refractivity contribution in [1.82, 2.24) is 24.9 Å². The van der Waals surface area contributed by atoms with Gasteiger partial charge in [0.05, 0.1) is 16.7 Å². The van der Waals surface area contributed by atoms with Gasteiger partial charge in [-0.1, -0.05) is 152 Å². The number of rotatable bonds is 5. The molecule has 0 fully saturated rings. The molecule has 0 atom stereocenters. The van der Waals surface area contributed by atoms with E-state index in [2.05, 4.69) is 103 Å². The van der Waals surface area contributed by atoms with Gasteiger partial charge in [0.25, 0.3) is 0 Å². The van der Waals surface area contributed by atoms with Crippen molar-refractivity contribution in [1.29, 1.82) is 0 Å². The second-order valence-electron chi connectivity index (χ2n) is 12.9. The molecule has 52 heavy (non-hydrogen) atoms. The van der Waals surface area contributed by atoms with Gasteiger partial charge in [0, 0.05) is 55.6 Å². The van der Waals surface area contributed by atoms with Crippen LogP contribution in [0.4, 0.5) is 0 Å². The van der Waals surface area contributed by atoms with Crippen LogP contribution in [0, 0.1) is 0 Å². The summed E-state index contributed by atoms with van der Waals surface area (Å²) in [7, 11) is 0. The molecule has 0 bridgehead atoms. The van der Waals surface area contributed by atoms with Crippen LogP contribution >= 0.6 is 0 Å². The molecule has 3 heterocycles. The molecule has 0 aliphatic rings. The Morgan fingerprint density at radius 3 is 1.60 bits per heavy atom. The molecule has 0 radical (unpaired) electrons. The first-order valence-corrected chi connectivity index (χ1v) is 17.3. The Morgan fingerprint density at radius 2 is 0.904 bits per heavy atom. The molecule has 7 aromatic carbocycles. The van der Waals surface area contributed by atoms with E-state index in [1.807, 2.05) is 72.9 Å². The van der Waals surface area contributed by atoms with Crippen molar-refractivity contribution < 1.29 is 0 Å². The molecular weight excluding hydrogens is 635 g/mol. The number of para-hydroxylation sites is 2. The third kappa shape index (κ3) is 5.07. The van der Waals surface area contributed by atoms with Crippen LogP contribution in [-0.2, 0) is 0 Å². The fourth-order valence-corrected chi connectivity index (χ4v) is 7.29. The summed E-state index contributed by atoms with van der Waals surface area (Å²) in [6.07, 6.45) is 1.87. The molecule has 0 aliphatic carbocycles. The molecule has 0 saturated heterocycles. The Bertz CT molecular complexity index is 2880. The lowest BCUT2D eigenvalue weighted by Crippen LogP contribution is -2.00. The number of pyridine rings is 2. The Balaban J connectivity index is 1.18. The summed E-state index contributed by atoms with van der Waals surface area (Å²) in [6, 6.07) is 58.5. The standard InChI is InChI=1S/C47H29N5/c1-3-13-32(14-4-1)45-50-46(33-15-5-2-6-16-33)52-47(51-45)34-26-24-31(25-27-34)44-40-29-39(37-22-11-17-30-18-12-28-48-43(30)37)35-19-7-8-20-36(35)42(40)38-21-9-10-23-41(38)49-44/h1-29H. The number of nitrogens with zero attached hydrogens (tertiary/aromatic N) is 5. The summed E-state index contributed by atoms with van der Waals surface area (Å²) in [5, 5.41) is 6.89. The minimum absolute atomic E-state index is 0.618. The fourth-order valence-electron chi connectivity index (χ4n) is 7.29. The zero-order chi connectivity index (χ0) is 34.4. The SMILES string of the molecule is c1ccc(-c2nc(-c3ccccc3)nc(-c3ccc(-c4nc5ccccc5c5c4cc(-c4cccc6cccnc46)c4ccccc45)cc3)n2)cc1. The highest BCUT2D eigenvalue weighted by Crippen LogP contribution is 2.43. The van der Waals surface area contributed by atoms with Crippen molar-refractivity contribution >= 4 is 43.4 Å². The highest BCUT2D eigenvalue weighted by atomic mass is 15.0. The Hall–Kier alpha value is -7.11. The average molecular weight is 664 g/mol. The van der Waals surface area contributed by atoms with Gasteiger partial charge in [0.15, 0.2) is 17.5 Å². The number of hydrogen-bond acceptors (Lipinski definition) is 5. The summed E-state index contributed by atoms with van der Waals surface area (Å²) in [6.45, 7) is 0. The molecule has 242 valence electrons. The van der Waals surface area contributed by atoms with Gasteiger partial charge >= 0.3 is 0 Å². The van der Waals surface area contributed by atoms with Gasteiger partial charge in [-0.05, 0) is 34.5 Å². The first kappa shape index (κ1) is 29.8. The summed E-state index contributed by atoms with van der Waals surface area (Å²) >= 11 is 0. The van der Waals surface area contributed by atoms with E-state index in [0.717, 1.165) is 66.3 Å². The minimum Gasteiger partial charge on any atom is -0.256 e. The lowest BCUT2D eigenvalue weighted by Gasteiger charge is -2.17. The summed E-state index contributed by atoms with van der Waals surface area (Å²) in [5.41, 5.74) is 8.89. The monoisotopic (exact) mass is 663 g/mol. The van der Waals surface area contributed by atoms with E-state index in [4.69, 9.17) is 24.9 Å². The lowest BCUT2D eigenvalue weighted by atomic mass is 9.89. The van der Waals surface area contributed by atoms with Crippen molar-refractivity contribution in [3.63, 3.8) is 0 Å². The number of benzene rings is 7. The van der Waals surface area contributed by atoms with Crippen LogP contribution in [-0.4, -0.2) is 24.9 Å². The molecule has 3 aromatic heterocycles. The zero-order valence-electron chi connectivity index (χ0n) is 28.0. The molecule has 0 aliphatic heterocycles. The maximum absolute atomic E-state index is 5.33. The molecule has 5 heteroatoms. The lowest BCUT2D eigenvalue weighted by molar-refractivity contribution is 1.07. The van der Waals surface area contributed by atoms with Crippen LogP contribution in [0.5, 0.6) is 0 Å². The third-order valence-electron chi connectivity index (χ3n) is 9.74. The average Bonchev–Trinajstić information content (AvgIpc) is 3.23. The van der Waals surface area contributed by atoms with Crippen LogP contribution in [0.15, 0.2) is 176 Å². The van der Waals surface area contributed by atoms with Crippen molar-refractivity contribution in [2.75, 3.05) is 0 Å². The second kappa shape index (κ2) is 12.3. The number of hydrogen-bond donors (Lipinski definition) is 0. The maximum Gasteiger partial charge on any atom is 0.164 e. The summed E-state index contributed by atoms with van der Waals surface area (Å²) in [5.74, 6) is 1.89. The molecule has 0 unspecified atom stereocenters. The minimum atomic E-state index is 0.618. The van der Waals surface area contributed by atoms with Crippen molar-refractivity contribution in [3.05, 3.63) is 176 Å². The van der Waals surface area contributed by atoms with Crippen LogP contribution in [0.1, 0.15) is 0 Å². The molecule has 0 spiro atoms. The van der Waals surface area contributed by atoms with Crippen LogP contribution < -0.4 is 0 Å². The van der Waals surface area contributed by atoms with Gasteiger partial charge in [0.1, 0.15) is 0 Å². The Kier molecular flexibility index (Phi) is 7.07. The predicted molar refractivity (Wildman–Crippen MR) is 213 cm³/mol. The number of aromatic nitrogens is 5. The van der Waals surface area contributed by atoms with E-state index in [-0.39, 0.29) is 0 Å². The van der Waals surface area contributed by atoms with E-state index in [9.17, 15) is 0 Å². The molecular formula is C47H29N5. The van der Waals surface area contributed by atoms with Gasteiger partial charge in [0.2, 0.25) is 0 Å². The summed E-state index contributed by atoms with van der Waals surface area (Å²) in [4.78, 5) is 24.9.